The number of nitrogens with two attached hydrogens (primary N) is 1. The van der Waals surface area contributed by atoms with Gasteiger partial charge in [-0.3, -0.25) is 4.79 Å². The van der Waals surface area contributed by atoms with Gasteiger partial charge in [-0.1, -0.05) is 0 Å². The standard InChI is InChI=1S/C19H24N2O4.ClH/c1-12-15-6-5-14(24-2)10-17(15)25-19(23)16(12)7-8-18(22)21-9-3-4-13(21)11-20;/h5-6,10,13H,3-4,7-9,11,20H2,1-2H3;1H. The molecule has 1 aliphatic heterocycles. The maximum Gasteiger partial charge on any atom is 0.339 e. The summed E-state index contributed by atoms with van der Waals surface area (Å²) in [5.74, 6) is 0.696. The van der Waals surface area contributed by atoms with Gasteiger partial charge in [-0.15, -0.1) is 12.4 Å². The molecule has 1 amide bonds. The first-order chi connectivity index (χ1) is 12.0. The number of methoxy groups -OCH3 is 1. The fourth-order valence-electron chi connectivity index (χ4n) is 3.58. The molecule has 1 aliphatic rings. The van der Waals surface area contributed by atoms with E-state index in [4.69, 9.17) is 14.9 Å². The number of amides is 1. The van der Waals surface area contributed by atoms with Crippen molar-refractivity contribution in [2.45, 2.75) is 38.6 Å². The van der Waals surface area contributed by atoms with Gasteiger partial charge in [0.15, 0.2) is 0 Å². The second-order valence-corrected chi connectivity index (χ2v) is 6.47. The fourth-order valence-corrected chi connectivity index (χ4v) is 3.58. The number of halogens is 1. The molecule has 7 heteroatoms. The summed E-state index contributed by atoms with van der Waals surface area (Å²) in [5, 5.41) is 0.865. The van der Waals surface area contributed by atoms with Crippen LogP contribution in [0.15, 0.2) is 27.4 Å². The second-order valence-electron chi connectivity index (χ2n) is 6.47. The van der Waals surface area contributed by atoms with E-state index in [1.807, 2.05) is 24.0 Å². The highest BCUT2D eigenvalue weighted by atomic mass is 35.5. The van der Waals surface area contributed by atoms with Crippen molar-refractivity contribution in [3.8, 4) is 5.75 Å². The van der Waals surface area contributed by atoms with Crippen molar-refractivity contribution in [2.24, 2.45) is 5.73 Å². The molecule has 2 heterocycles. The molecule has 1 saturated heterocycles. The van der Waals surface area contributed by atoms with Gasteiger partial charge < -0.3 is 19.8 Å². The number of aryl methyl sites for hydroxylation is 1. The summed E-state index contributed by atoms with van der Waals surface area (Å²) in [7, 11) is 1.57. The van der Waals surface area contributed by atoms with Crippen molar-refractivity contribution < 1.29 is 13.9 Å². The minimum absolute atomic E-state index is 0. The predicted molar refractivity (Wildman–Crippen MR) is 103 cm³/mol. The molecule has 0 spiro atoms. The first kappa shape index (κ1) is 20.3. The number of benzene rings is 1. The average molecular weight is 381 g/mol. The van der Waals surface area contributed by atoms with E-state index in [2.05, 4.69) is 0 Å². The summed E-state index contributed by atoms with van der Waals surface area (Å²) in [4.78, 5) is 26.7. The molecule has 2 aromatic rings. The predicted octanol–water partition coefficient (Wildman–Crippen LogP) is 2.41. The first-order valence-electron chi connectivity index (χ1n) is 8.65. The molecule has 142 valence electrons. The lowest BCUT2D eigenvalue weighted by atomic mass is 10.0. The third kappa shape index (κ3) is 3.86. The fraction of sp³-hybridized carbons (Fsp3) is 0.474. The molecule has 0 radical (unpaired) electrons. The quantitative estimate of drug-likeness (QED) is 0.805. The first-order valence-corrected chi connectivity index (χ1v) is 8.65. The maximum atomic E-state index is 12.5. The van der Waals surface area contributed by atoms with Crippen molar-refractivity contribution >= 4 is 29.3 Å². The van der Waals surface area contributed by atoms with Crippen LogP contribution in [0.5, 0.6) is 5.75 Å². The number of carbonyl (C=O) groups is 1. The minimum atomic E-state index is -0.386. The van der Waals surface area contributed by atoms with Crippen LogP contribution in [0.25, 0.3) is 11.0 Å². The molecule has 1 aromatic carbocycles. The molecule has 1 aromatic heterocycles. The van der Waals surface area contributed by atoms with Gasteiger partial charge >= 0.3 is 5.63 Å². The van der Waals surface area contributed by atoms with Gasteiger partial charge in [-0.05, 0) is 43.9 Å². The Labute approximate surface area is 158 Å². The van der Waals surface area contributed by atoms with Gasteiger partial charge in [0.25, 0.3) is 0 Å². The molecule has 3 rings (SSSR count). The molecule has 1 unspecified atom stereocenters. The van der Waals surface area contributed by atoms with Crippen LogP contribution < -0.4 is 16.1 Å². The Morgan fingerprint density at radius 2 is 2.19 bits per heavy atom. The third-order valence-corrected chi connectivity index (χ3v) is 5.05. The highest BCUT2D eigenvalue weighted by Crippen LogP contribution is 2.25. The summed E-state index contributed by atoms with van der Waals surface area (Å²) in [6, 6.07) is 5.55. The van der Waals surface area contributed by atoms with Crippen molar-refractivity contribution in [2.75, 3.05) is 20.2 Å². The topological polar surface area (TPSA) is 85.8 Å². The molecule has 0 bridgehead atoms. The number of likely N-dealkylation sites (tertiary alicyclic amines) is 1. The number of hydrogen-bond acceptors (Lipinski definition) is 5. The van der Waals surface area contributed by atoms with Gasteiger partial charge in [0.1, 0.15) is 11.3 Å². The van der Waals surface area contributed by atoms with E-state index < -0.39 is 0 Å². The summed E-state index contributed by atoms with van der Waals surface area (Å²) in [6.07, 6.45) is 2.63. The van der Waals surface area contributed by atoms with E-state index >= 15 is 0 Å². The van der Waals surface area contributed by atoms with Crippen LogP contribution in [0, 0.1) is 6.92 Å². The molecule has 6 nitrogen and oxygen atoms in total. The number of fused-ring (bicyclic) bond motifs is 1. The van der Waals surface area contributed by atoms with E-state index in [0.29, 0.717) is 36.3 Å². The summed E-state index contributed by atoms with van der Waals surface area (Å²) in [5.41, 5.74) is 7.27. The Bertz CT molecular complexity index is 849. The highest BCUT2D eigenvalue weighted by molar-refractivity contribution is 5.85. The minimum Gasteiger partial charge on any atom is -0.497 e. The zero-order valence-electron chi connectivity index (χ0n) is 15.1. The number of nitrogens with zero attached hydrogens (tertiary/aromatic N) is 1. The molecule has 0 saturated carbocycles. The Kier molecular flexibility index (Phi) is 6.67. The van der Waals surface area contributed by atoms with E-state index in [1.165, 1.54) is 0 Å². The average Bonchev–Trinajstić information content (AvgIpc) is 3.09. The van der Waals surface area contributed by atoms with Crippen molar-refractivity contribution in [3.63, 3.8) is 0 Å². The molecule has 1 fully saturated rings. The van der Waals surface area contributed by atoms with Gasteiger partial charge in [0, 0.05) is 42.6 Å². The zero-order valence-corrected chi connectivity index (χ0v) is 15.9. The van der Waals surface area contributed by atoms with Gasteiger partial charge in [0.2, 0.25) is 5.91 Å². The van der Waals surface area contributed by atoms with Crippen LogP contribution in [0.1, 0.15) is 30.4 Å². The monoisotopic (exact) mass is 380 g/mol. The number of hydrogen-bond donors (Lipinski definition) is 1. The van der Waals surface area contributed by atoms with Crippen molar-refractivity contribution in [3.05, 3.63) is 39.7 Å². The van der Waals surface area contributed by atoms with Crippen LogP contribution in [0.2, 0.25) is 0 Å². The maximum absolute atomic E-state index is 12.5. The Hall–Kier alpha value is -2.05. The van der Waals surface area contributed by atoms with Crippen LogP contribution in [-0.4, -0.2) is 37.0 Å². The zero-order chi connectivity index (χ0) is 18.0. The third-order valence-electron chi connectivity index (χ3n) is 5.05. The van der Waals surface area contributed by atoms with E-state index in [1.54, 1.807) is 13.2 Å². The molecule has 26 heavy (non-hydrogen) atoms. The SMILES string of the molecule is COc1ccc2c(C)c(CCC(=O)N3CCCC3CN)c(=O)oc2c1.Cl. The Morgan fingerprint density at radius 3 is 2.88 bits per heavy atom. The number of ether oxygens (including phenoxy) is 1. The van der Waals surface area contributed by atoms with Crippen LogP contribution in [0.4, 0.5) is 0 Å². The molecular weight excluding hydrogens is 356 g/mol. The smallest absolute Gasteiger partial charge is 0.339 e. The van der Waals surface area contributed by atoms with Crippen LogP contribution in [-0.2, 0) is 11.2 Å². The highest BCUT2D eigenvalue weighted by Gasteiger charge is 2.27. The van der Waals surface area contributed by atoms with Crippen LogP contribution >= 0.6 is 12.4 Å². The van der Waals surface area contributed by atoms with E-state index in [9.17, 15) is 9.59 Å². The van der Waals surface area contributed by atoms with Crippen molar-refractivity contribution in [1.29, 1.82) is 0 Å². The van der Waals surface area contributed by atoms with Crippen LogP contribution in [0.3, 0.4) is 0 Å². The molecule has 2 N–H and O–H groups in total. The number of carbonyl (C=O) groups excluding carboxylic acids is 1. The Morgan fingerprint density at radius 1 is 1.42 bits per heavy atom. The lowest BCUT2D eigenvalue weighted by molar-refractivity contribution is -0.131. The largest absolute Gasteiger partial charge is 0.497 e. The lowest BCUT2D eigenvalue weighted by Crippen LogP contribution is -2.40. The number of rotatable bonds is 5. The van der Waals surface area contributed by atoms with E-state index in [0.717, 1.165) is 30.3 Å². The van der Waals surface area contributed by atoms with Crippen molar-refractivity contribution in [1.82, 2.24) is 4.90 Å². The molecule has 0 aliphatic carbocycles. The molecule has 1 atom stereocenters. The summed E-state index contributed by atoms with van der Waals surface area (Å²) in [6.45, 7) is 3.14. The lowest BCUT2D eigenvalue weighted by Gasteiger charge is -2.23. The van der Waals surface area contributed by atoms with Gasteiger partial charge in [-0.2, -0.15) is 0 Å². The normalized spacial score (nSPS) is 16.6. The van der Waals surface area contributed by atoms with Gasteiger partial charge in [-0.25, -0.2) is 4.79 Å². The van der Waals surface area contributed by atoms with E-state index in [-0.39, 0.29) is 30.0 Å². The second kappa shape index (κ2) is 8.56. The Balaban J connectivity index is 0.00000243. The summed E-state index contributed by atoms with van der Waals surface area (Å²) >= 11 is 0. The summed E-state index contributed by atoms with van der Waals surface area (Å²) < 4.78 is 10.6. The van der Waals surface area contributed by atoms with Gasteiger partial charge in [0.05, 0.1) is 7.11 Å². The molecular formula is C19H25ClN2O4.